The second-order valence-corrected chi connectivity index (χ2v) is 7.76. The van der Waals surface area contributed by atoms with Crippen LogP contribution in [0, 0.1) is 23.0 Å². The Morgan fingerprint density at radius 2 is 2.15 bits per heavy atom. The van der Waals surface area contributed by atoms with Crippen LogP contribution in [-0.4, -0.2) is 47.2 Å². The molecule has 4 saturated heterocycles. The van der Waals surface area contributed by atoms with Crippen LogP contribution in [0.3, 0.4) is 0 Å². The Labute approximate surface area is 121 Å². The highest BCUT2D eigenvalue weighted by Gasteiger charge is 2.56. The van der Waals surface area contributed by atoms with Crippen molar-refractivity contribution < 1.29 is 9.44 Å². The number of quaternary nitrogens is 1. The van der Waals surface area contributed by atoms with E-state index >= 15 is 0 Å². The average Bonchev–Trinajstić information content (AvgIpc) is 2.39. The summed E-state index contributed by atoms with van der Waals surface area (Å²) in [7, 11) is 0. The molecule has 4 aliphatic heterocycles. The highest BCUT2D eigenvalue weighted by atomic mass is 16.5. The number of piperidine rings is 4. The third-order valence-corrected chi connectivity index (χ3v) is 6.40. The number of carbonyl (C=O) groups excluding carboxylic acids is 1. The average molecular weight is 278 g/mol. The molecule has 2 unspecified atom stereocenters. The lowest BCUT2D eigenvalue weighted by molar-refractivity contribution is -0.929. The zero-order valence-corrected chi connectivity index (χ0v) is 12.5. The number of carbonyl (C=O) groups is 1. The van der Waals surface area contributed by atoms with E-state index in [1.54, 1.807) is 0 Å². The highest BCUT2D eigenvalue weighted by molar-refractivity contribution is 5.77. The fourth-order valence-corrected chi connectivity index (χ4v) is 5.95. The molecule has 0 aromatic heterocycles. The van der Waals surface area contributed by atoms with Crippen LogP contribution in [0.4, 0.5) is 0 Å². The third kappa shape index (κ3) is 1.77. The second-order valence-electron chi connectivity index (χ2n) is 7.76. The lowest BCUT2D eigenvalue weighted by Gasteiger charge is -2.65. The van der Waals surface area contributed by atoms with Gasteiger partial charge in [-0.05, 0) is 32.1 Å². The molecule has 0 aliphatic carbocycles. The van der Waals surface area contributed by atoms with E-state index in [-0.39, 0.29) is 4.65 Å². The summed E-state index contributed by atoms with van der Waals surface area (Å²) in [5, 5.41) is 13.3. The van der Waals surface area contributed by atoms with E-state index in [1.807, 2.05) is 0 Å². The SMILES string of the molecule is CC1C[C@H]2CN3C(=O)CCC[C@@H]3[C@H]3CCC[N+]([O-])(C1)[C@@H]23. The van der Waals surface area contributed by atoms with Gasteiger partial charge in [0.25, 0.3) is 0 Å². The predicted molar refractivity (Wildman–Crippen MR) is 76.5 cm³/mol. The predicted octanol–water partition coefficient (Wildman–Crippen LogP) is 2.13. The first-order valence-corrected chi connectivity index (χ1v) is 8.46. The van der Waals surface area contributed by atoms with Crippen LogP contribution in [-0.2, 0) is 4.79 Å². The highest BCUT2D eigenvalue weighted by Crippen LogP contribution is 2.48. The minimum Gasteiger partial charge on any atom is -0.633 e. The summed E-state index contributed by atoms with van der Waals surface area (Å²) in [5.41, 5.74) is 0. The number of amides is 1. The second kappa shape index (κ2) is 4.44. The first-order chi connectivity index (χ1) is 9.58. The molecule has 0 N–H and O–H groups in total. The summed E-state index contributed by atoms with van der Waals surface area (Å²) in [6, 6.07) is 0.685. The molecule has 0 aromatic rings. The van der Waals surface area contributed by atoms with Crippen LogP contribution in [0.5, 0.6) is 0 Å². The molecule has 0 bridgehead atoms. The van der Waals surface area contributed by atoms with Crippen LogP contribution in [0.15, 0.2) is 0 Å². The summed E-state index contributed by atoms with van der Waals surface area (Å²) in [4.78, 5) is 14.4. The van der Waals surface area contributed by atoms with Crippen molar-refractivity contribution in [1.82, 2.24) is 4.90 Å². The zero-order chi connectivity index (χ0) is 13.9. The van der Waals surface area contributed by atoms with Crippen molar-refractivity contribution >= 4 is 5.91 Å². The van der Waals surface area contributed by atoms with Crippen LogP contribution >= 0.6 is 0 Å². The fraction of sp³-hybridized carbons (Fsp3) is 0.938. The van der Waals surface area contributed by atoms with Gasteiger partial charge in [-0.25, -0.2) is 0 Å². The molecule has 4 heterocycles. The van der Waals surface area contributed by atoms with Crippen molar-refractivity contribution in [2.45, 2.75) is 57.5 Å². The van der Waals surface area contributed by atoms with E-state index in [0.29, 0.717) is 35.7 Å². The summed E-state index contributed by atoms with van der Waals surface area (Å²) in [5.74, 6) is 1.81. The Kier molecular flexibility index (Phi) is 2.90. The van der Waals surface area contributed by atoms with E-state index in [9.17, 15) is 10.0 Å². The Bertz CT molecular complexity index is 427. The van der Waals surface area contributed by atoms with Gasteiger partial charge in [0.2, 0.25) is 5.91 Å². The number of hydrogen-bond acceptors (Lipinski definition) is 2. The minimum absolute atomic E-state index is 0.0645. The van der Waals surface area contributed by atoms with Gasteiger partial charge in [0, 0.05) is 36.8 Å². The Hall–Kier alpha value is -0.610. The molecule has 0 spiro atoms. The van der Waals surface area contributed by atoms with Gasteiger partial charge in [-0.1, -0.05) is 6.92 Å². The molecular formula is C16H26N2O2. The Morgan fingerprint density at radius 3 is 3.00 bits per heavy atom. The summed E-state index contributed by atoms with van der Waals surface area (Å²) in [6.07, 6.45) is 6.28. The molecule has 4 fully saturated rings. The van der Waals surface area contributed by atoms with E-state index < -0.39 is 0 Å². The van der Waals surface area contributed by atoms with Gasteiger partial charge < -0.3 is 14.8 Å². The topological polar surface area (TPSA) is 43.4 Å². The maximum absolute atomic E-state index is 13.3. The van der Waals surface area contributed by atoms with Gasteiger partial charge in [-0.15, -0.1) is 0 Å². The van der Waals surface area contributed by atoms with Gasteiger partial charge in [0.1, 0.15) is 0 Å². The van der Waals surface area contributed by atoms with E-state index in [0.717, 1.165) is 51.7 Å². The summed E-state index contributed by atoms with van der Waals surface area (Å²) < 4.78 is 0.0645. The van der Waals surface area contributed by atoms with Gasteiger partial charge in [-0.3, -0.25) is 4.79 Å². The number of fused-ring (bicyclic) bond motifs is 2. The molecule has 20 heavy (non-hydrogen) atoms. The molecule has 4 nitrogen and oxygen atoms in total. The third-order valence-electron chi connectivity index (χ3n) is 6.40. The molecule has 6 atom stereocenters. The Morgan fingerprint density at radius 1 is 1.30 bits per heavy atom. The molecule has 4 aliphatic rings. The van der Waals surface area contributed by atoms with Gasteiger partial charge in [0.05, 0.1) is 19.1 Å². The molecule has 4 heteroatoms. The molecule has 0 radical (unpaired) electrons. The number of rotatable bonds is 0. The van der Waals surface area contributed by atoms with E-state index in [4.69, 9.17) is 0 Å². The molecule has 0 saturated carbocycles. The van der Waals surface area contributed by atoms with Gasteiger partial charge in [0.15, 0.2) is 0 Å². The molecular weight excluding hydrogens is 252 g/mol. The molecule has 0 aromatic carbocycles. The number of hydrogen-bond donors (Lipinski definition) is 0. The van der Waals surface area contributed by atoms with Crippen molar-refractivity contribution in [2.24, 2.45) is 17.8 Å². The number of hydroxylamine groups is 3. The molecule has 112 valence electrons. The zero-order valence-electron chi connectivity index (χ0n) is 12.5. The largest absolute Gasteiger partial charge is 0.633 e. The number of nitrogens with zero attached hydrogens (tertiary/aromatic N) is 2. The van der Waals surface area contributed by atoms with Gasteiger partial charge >= 0.3 is 0 Å². The van der Waals surface area contributed by atoms with Crippen molar-refractivity contribution in [2.75, 3.05) is 19.6 Å². The van der Waals surface area contributed by atoms with Crippen LogP contribution in [0.25, 0.3) is 0 Å². The van der Waals surface area contributed by atoms with Crippen molar-refractivity contribution in [3.63, 3.8) is 0 Å². The van der Waals surface area contributed by atoms with Crippen LogP contribution in [0.1, 0.15) is 45.4 Å². The van der Waals surface area contributed by atoms with Crippen molar-refractivity contribution in [3.05, 3.63) is 5.21 Å². The lowest BCUT2D eigenvalue weighted by Crippen LogP contribution is -2.72. The van der Waals surface area contributed by atoms with Crippen LogP contribution in [0.2, 0.25) is 0 Å². The minimum atomic E-state index is 0.0645. The normalized spacial score (nSPS) is 51.4. The van der Waals surface area contributed by atoms with Gasteiger partial charge in [-0.2, -0.15) is 0 Å². The lowest BCUT2D eigenvalue weighted by atomic mass is 9.66. The summed E-state index contributed by atoms with van der Waals surface area (Å²) in [6.45, 7) is 4.74. The van der Waals surface area contributed by atoms with Crippen molar-refractivity contribution in [3.8, 4) is 0 Å². The van der Waals surface area contributed by atoms with Crippen LogP contribution < -0.4 is 0 Å². The molecule has 4 rings (SSSR count). The maximum Gasteiger partial charge on any atom is 0.222 e. The van der Waals surface area contributed by atoms with E-state index in [1.165, 1.54) is 6.42 Å². The molecule has 1 amide bonds. The smallest absolute Gasteiger partial charge is 0.222 e. The summed E-state index contributed by atoms with van der Waals surface area (Å²) >= 11 is 0. The van der Waals surface area contributed by atoms with E-state index in [2.05, 4.69) is 11.8 Å². The monoisotopic (exact) mass is 278 g/mol. The quantitative estimate of drug-likeness (QED) is 0.503. The standard InChI is InChI=1S/C16H26N2O2/c1-11-8-12-9-17-14(5-2-6-15(17)19)13-4-3-7-18(20,10-11)16(12)13/h11-14,16H,2-10H2,1H3/t11?,12-,13+,14+,16-,18?/m0/s1. The maximum atomic E-state index is 13.3. The first-order valence-electron chi connectivity index (χ1n) is 8.46. The van der Waals surface area contributed by atoms with Crippen molar-refractivity contribution in [1.29, 1.82) is 0 Å². The Balaban J connectivity index is 1.70. The first kappa shape index (κ1) is 13.1. The fourth-order valence-electron chi connectivity index (χ4n) is 5.95.